The van der Waals surface area contributed by atoms with Crippen molar-refractivity contribution in [1.82, 2.24) is 0 Å². The molecule has 0 bridgehead atoms. The Balaban J connectivity index is 3.96. The van der Waals surface area contributed by atoms with E-state index < -0.39 is 26.5 Å². The predicted octanol–water partition coefficient (Wildman–Crippen LogP) is 14.6. The zero-order valence-corrected chi connectivity index (χ0v) is 38.9. The molecule has 2 atom stereocenters. The molecular formula is C48H94NO8P. The normalized spacial score (nSPS) is 13.2. The minimum absolute atomic E-state index is 0.0567. The maximum Gasteiger partial charge on any atom is 0.472 e. The second-order valence-corrected chi connectivity index (χ2v) is 18.1. The first-order valence-electron chi connectivity index (χ1n) is 24.7. The zero-order chi connectivity index (χ0) is 42.5. The summed E-state index contributed by atoms with van der Waals surface area (Å²) in [7, 11) is -4.37. The van der Waals surface area contributed by atoms with Crippen LogP contribution in [0.25, 0.3) is 0 Å². The quantitative estimate of drug-likeness (QED) is 0.0266. The van der Waals surface area contributed by atoms with Gasteiger partial charge in [-0.1, -0.05) is 212 Å². The van der Waals surface area contributed by atoms with Crippen LogP contribution in [0.3, 0.4) is 0 Å². The van der Waals surface area contributed by atoms with E-state index in [2.05, 4.69) is 26.0 Å². The summed E-state index contributed by atoms with van der Waals surface area (Å²) in [5.41, 5.74) is 5.36. The number of carbonyl (C=O) groups excluding carboxylic acids is 2. The summed E-state index contributed by atoms with van der Waals surface area (Å²) in [6, 6.07) is 0. The smallest absolute Gasteiger partial charge is 0.462 e. The van der Waals surface area contributed by atoms with Gasteiger partial charge in [0.05, 0.1) is 13.2 Å². The van der Waals surface area contributed by atoms with Gasteiger partial charge in [0.15, 0.2) is 6.10 Å². The van der Waals surface area contributed by atoms with Crippen molar-refractivity contribution < 1.29 is 37.6 Å². The van der Waals surface area contributed by atoms with E-state index in [1.807, 2.05) is 0 Å². The fourth-order valence-electron chi connectivity index (χ4n) is 7.22. The van der Waals surface area contributed by atoms with Crippen LogP contribution in [-0.4, -0.2) is 49.3 Å². The second kappa shape index (κ2) is 45.3. The number of phosphoric ester groups is 1. The van der Waals surface area contributed by atoms with Gasteiger partial charge in [0.1, 0.15) is 6.61 Å². The lowest BCUT2D eigenvalue weighted by molar-refractivity contribution is -0.161. The lowest BCUT2D eigenvalue weighted by atomic mass is 10.0. The van der Waals surface area contributed by atoms with Crippen molar-refractivity contribution in [2.75, 3.05) is 26.4 Å². The van der Waals surface area contributed by atoms with Gasteiger partial charge in [0, 0.05) is 19.4 Å². The SMILES string of the molecule is CCCCCCCCCC/C=C\CCCCCCCCCCCCCCCC(=O)OC(COC(=O)CCCCCCCCCCCCCC)COP(=O)(O)OCCN. The van der Waals surface area contributed by atoms with Crippen molar-refractivity contribution in [3.63, 3.8) is 0 Å². The number of hydrogen-bond acceptors (Lipinski definition) is 8. The lowest BCUT2D eigenvalue weighted by Gasteiger charge is -2.19. The number of nitrogens with two attached hydrogens (primary N) is 1. The third-order valence-corrected chi connectivity index (χ3v) is 11.9. The van der Waals surface area contributed by atoms with Gasteiger partial charge in [-0.2, -0.15) is 0 Å². The van der Waals surface area contributed by atoms with Crippen LogP contribution in [-0.2, 0) is 32.7 Å². The molecule has 0 aliphatic carbocycles. The van der Waals surface area contributed by atoms with Gasteiger partial charge in [-0.15, -0.1) is 0 Å². The topological polar surface area (TPSA) is 134 Å². The third kappa shape index (κ3) is 44.3. The molecule has 9 nitrogen and oxygen atoms in total. The van der Waals surface area contributed by atoms with Gasteiger partial charge in [-0.25, -0.2) is 4.57 Å². The third-order valence-electron chi connectivity index (χ3n) is 10.9. The van der Waals surface area contributed by atoms with Gasteiger partial charge in [0.2, 0.25) is 0 Å². The van der Waals surface area contributed by atoms with E-state index in [1.54, 1.807) is 0 Å². The average molecular weight is 844 g/mol. The summed E-state index contributed by atoms with van der Waals surface area (Å²) in [6.45, 7) is 3.77. The molecule has 0 saturated heterocycles. The van der Waals surface area contributed by atoms with Crippen LogP contribution in [0, 0.1) is 0 Å². The molecule has 0 amide bonds. The number of rotatable bonds is 47. The summed E-state index contributed by atoms with van der Waals surface area (Å²) >= 11 is 0. The van der Waals surface area contributed by atoms with E-state index in [9.17, 15) is 19.0 Å². The van der Waals surface area contributed by atoms with E-state index in [4.69, 9.17) is 24.3 Å². The highest BCUT2D eigenvalue weighted by Crippen LogP contribution is 2.43. The van der Waals surface area contributed by atoms with Gasteiger partial charge in [0.25, 0.3) is 0 Å². The molecular weight excluding hydrogens is 750 g/mol. The van der Waals surface area contributed by atoms with Crippen molar-refractivity contribution in [1.29, 1.82) is 0 Å². The Labute approximate surface area is 358 Å². The van der Waals surface area contributed by atoms with E-state index in [0.717, 1.165) is 32.1 Å². The van der Waals surface area contributed by atoms with Crippen LogP contribution in [0.1, 0.15) is 251 Å². The first-order chi connectivity index (χ1) is 28.3. The van der Waals surface area contributed by atoms with Crippen LogP contribution in [0.2, 0.25) is 0 Å². The van der Waals surface area contributed by atoms with Crippen molar-refractivity contribution >= 4 is 19.8 Å². The summed E-state index contributed by atoms with van der Waals surface area (Å²) in [4.78, 5) is 34.9. The van der Waals surface area contributed by atoms with E-state index in [-0.39, 0.29) is 38.6 Å². The molecule has 0 aliphatic rings. The molecule has 0 heterocycles. The largest absolute Gasteiger partial charge is 0.472 e. The van der Waals surface area contributed by atoms with Crippen molar-refractivity contribution in [2.24, 2.45) is 5.73 Å². The fraction of sp³-hybridized carbons (Fsp3) is 0.917. The Morgan fingerprint density at radius 3 is 1.22 bits per heavy atom. The number of allylic oxidation sites excluding steroid dienone is 2. The van der Waals surface area contributed by atoms with Gasteiger partial charge in [-0.3, -0.25) is 18.6 Å². The molecule has 0 rings (SSSR count). The zero-order valence-electron chi connectivity index (χ0n) is 38.1. The van der Waals surface area contributed by atoms with Crippen molar-refractivity contribution in [3.8, 4) is 0 Å². The number of esters is 2. The summed E-state index contributed by atoms with van der Waals surface area (Å²) in [6.07, 6.45) is 48.3. The van der Waals surface area contributed by atoms with Gasteiger partial charge in [-0.05, 0) is 38.5 Å². The highest BCUT2D eigenvalue weighted by atomic mass is 31.2. The highest BCUT2D eigenvalue weighted by Gasteiger charge is 2.26. The van der Waals surface area contributed by atoms with Crippen molar-refractivity contribution in [3.05, 3.63) is 12.2 Å². The Bertz CT molecular complexity index is 964. The monoisotopic (exact) mass is 844 g/mol. The number of carbonyl (C=O) groups is 2. The summed E-state index contributed by atoms with van der Waals surface area (Å²) in [5, 5.41) is 0. The molecule has 0 saturated carbocycles. The number of phosphoric acid groups is 1. The highest BCUT2D eigenvalue weighted by molar-refractivity contribution is 7.47. The standard InChI is InChI=1S/C48H94NO8P/c1-3-5-7-9-11-13-15-17-18-19-20-21-22-23-24-25-26-27-28-29-31-33-35-37-39-41-48(51)57-46(45-56-58(52,53)55-43-42-49)44-54-47(50)40-38-36-34-32-30-16-14-12-10-8-6-4-2/h19-20,46H,3-18,21-45,49H2,1-2H3,(H,52,53)/b20-19-. The molecule has 0 aliphatic heterocycles. The molecule has 0 fully saturated rings. The lowest BCUT2D eigenvalue weighted by Crippen LogP contribution is -2.29. The second-order valence-electron chi connectivity index (χ2n) is 16.7. The minimum atomic E-state index is -4.37. The van der Waals surface area contributed by atoms with E-state index in [1.165, 1.54) is 186 Å². The molecule has 0 radical (unpaired) electrons. The van der Waals surface area contributed by atoms with E-state index >= 15 is 0 Å². The van der Waals surface area contributed by atoms with Crippen LogP contribution in [0.4, 0.5) is 0 Å². The molecule has 0 aromatic rings. The summed E-state index contributed by atoms with van der Waals surface area (Å²) < 4.78 is 32.8. The van der Waals surface area contributed by atoms with E-state index in [0.29, 0.717) is 6.42 Å². The molecule has 3 N–H and O–H groups in total. The van der Waals surface area contributed by atoms with Crippen LogP contribution in [0.15, 0.2) is 12.2 Å². The molecule has 58 heavy (non-hydrogen) atoms. The minimum Gasteiger partial charge on any atom is -0.462 e. The van der Waals surface area contributed by atoms with Gasteiger partial charge < -0.3 is 20.1 Å². The fourth-order valence-corrected chi connectivity index (χ4v) is 7.99. The first-order valence-corrected chi connectivity index (χ1v) is 26.2. The maximum absolute atomic E-state index is 12.6. The van der Waals surface area contributed by atoms with Crippen LogP contribution < -0.4 is 5.73 Å². The predicted molar refractivity (Wildman–Crippen MR) is 243 cm³/mol. The number of ether oxygens (including phenoxy) is 2. The van der Waals surface area contributed by atoms with Crippen molar-refractivity contribution in [2.45, 2.75) is 258 Å². The number of unbranched alkanes of at least 4 members (excludes halogenated alkanes) is 32. The van der Waals surface area contributed by atoms with Crippen LogP contribution >= 0.6 is 7.82 Å². The molecule has 10 heteroatoms. The Kier molecular flexibility index (Phi) is 44.3. The molecule has 0 aromatic carbocycles. The molecule has 0 spiro atoms. The molecule has 0 aromatic heterocycles. The maximum atomic E-state index is 12.6. The Hall–Kier alpha value is -1.25. The molecule has 344 valence electrons. The van der Waals surface area contributed by atoms with Crippen LogP contribution in [0.5, 0.6) is 0 Å². The Morgan fingerprint density at radius 2 is 0.845 bits per heavy atom. The van der Waals surface area contributed by atoms with Gasteiger partial charge >= 0.3 is 19.8 Å². The number of hydrogen-bond donors (Lipinski definition) is 2. The Morgan fingerprint density at radius 1 is 0.500 bits per heavy atom. The first kappa shape index (κ1) is 56.8. The molecule has 2 unspecified atom stereocenters. The summed E-state index contributed by atoms with van der Waals surface area (Å²) in [5.74, 6) is -0.815. The average Bonchev–Trinajstić information content (AvgIpc) is 3.21.